The SMILES string of the molecule is N#Cc1ccc(OCC(=O)N(Cc2cccs2)c2ccccc2)cc1. The van der Waals surface area contributed by atoms with Gasteiger partial charge in [-0.05, 0) is 47.8 Å². The van der Waals surface area contributed by atoms with E-state index in [0.717, 1.165) is 10.6 Å². The van der Waals surface area contributed by atoms with Gasteiger partial charge < -0.3 is 9.64 Å². The Balaban J connectivity index is 1.71. The van der Waals surface area contributed by atoms with Gasteiger partial charge in [0.1, 0.15) is 5.75 Å². The van der Waals surface area contributed by atoms with E-state index < -0.39 is 0 Å². The first-order valence-electron chi connectivity index (χ1n) is 7.77. The highest BCUT2D eigenvalue weighted by atomic mass is 32.1. The highest BCUT2D eigenvalue weighted by molar-refractivity contribution is 7.09. The molecule has 0 aliphatic carbocycles. The number of hydrogen-bond donors (Lipinski definition) is 0. The number of amides is 1. The molecule has 0 spiro atoms. The summed E-state index contributed by atoms with van der Waals surface area (Å²) in [4.78, 5) is 15.5. The first-order valence-corrected chi connectivity index (χ1v) is 8.65. The Morgan fingerprint density at radius 3 is 2.44 bits per heavy atom. The molecular weight excluding hydrogens is 332 g/mol. The van der Waals surface area contributed by atoms with Gasteiger partial charge in [-0.2, -0.15) is 5.26 Å². The van der Waals surface area contributed by atoms with E-state index in [1.54, 1.807) is 40.5 Å². The van der Waals surface area contributed by atoms with Crippen LogP contribution in [0.15, 0.2) is 72.1 Å². The molecule has 0 saturated carbocycles. The Morgan fingerprint density at radius 1 is 1.04 bits per heavy atom. The highest BCUT2D eigenvalue weighted by Gasteiger charge is 2.17. The normalized spacial score (nSPS) is 10.0. The number of thiophene rings is 1. The molecule has 0 radical (unpaired) electrons. The quantitative estimate of drug-likeness (QED) is 0.670. The van der Waals surface area contributed by atoms with E-state index in [-0.39, 0.29) is 12.5 Å². The first-order chi connectivity index (χ1) is 12.3. The van der Waals surface area contributed by atoms with Gasteiger partial charge in [-0.1, -0.05) is 24.3 Å². The minimum absolute atomic E-state index is 0.0633. The Labute approximate surface area is 150 Å². The maximum absolute atomic E-state index is 12.7. The molecule has 124 valence electrons. The van der Waals surface area contributed by atoms with Crippen LogP contribution in [0.3, 0.4) is 0 Å². The molecule has 2 aromatic carbocycles. The zero-order valence-electron chi connectivity index (χ0n) is 13.5. The van der Waals surface area contributed by atoms with Crippen LogP contribution >= 0.6 is 11.3 Å². The minimum atomic E-state index is -0.121. The zero-order valence-corrected chi connectivity index (χ0v) is 14.3. The van der Waals surface area contributed by atoms with Crippen LogP contribution in [0.5, 0.6) is 5.75 Å². The van der Waals surface area contributed by atoms with Crippen molar-refractivity contribution in [1.82, 2.24) is 0 Å². The van der Waals surface area contributed by atoms with Crippen LogP contribution in [0.2, 0.25) is 0 Å². The van der Waals surface area contributed by atoms with E-state index >= 15 is 0 Å². The standard InChI is InChI=1S/C20H16N2O2S/c21-13-16-8-10-18(11-9-16)24-15-20(23)22(14-19-7-4-12-25-19)17-5-2-1-3-6-17/h1-12H,14-15H2. The van der Waals surface area contributed by atoms with E-state index in [2.05, 4.69) is 6.07 Å². The monoisotopic (exact) mass is 348 g/mol. The zero-order chi connectivity index (χ0) is 17.5. The highest BCUT2D eigenvalue weighted by Crippen LogP contribution is 2.20. The Kier molecular flexibility index (Phi) is 5.45. The molecule has 0 unspecified atom stereocenters. The summed E-state index contributed by atoms with van der Waals surface area (Å²) in [6.07, 6.45) is 0. The van der Waals surface area contributed by atoms with Crippen molar-refractivity contribution in [2.24, 2.45) is 0 Å². The molecule has 0 atom stereocenters. The molecule has 3 rings (SSSR count). The second-order valence-electron chi connectivity index (χ2n) is 5.32. The van der Waals surface area contributed by atoms with Crippen molar-refractivity contribution in [3.8, 4) is 11.8 Å². The van der Waals surface area contributed by atoms with Crippen molar-refractivity contribution in [3.63, 3.8) is 0 Å². The van der Waals surface area contributed by atoms with Crippen LogP contribution in [-0.2, 0) is 11.3 Å². The Hall–Kier alpha value is -3.10. The minimum Gasteiger partial charge on any atom is -0.484 e. The molecule has 3 aromatic rings. The Bertz CT molecular complexity index is 853. The van der Waals surface area contributed by atoms with Crippen LogP contribution in [0.1, 0.15) is 10.4 Å². The molecule has 4 nitrogen and oxygen atoms in total. The number of carbonyl (C=O) groups excluding carboxylic acids is 1. The summed E-state index contributed by atoms with van der Waals surface area (Å²) in [6, 6.07) is 22.3. The van der Waals surface area contributed by atoms with Gasteiger partial charge in [0, 0.05) is 10.6 Å². The third kappa shape index (κ3) is 4.46. The van der Waals surface area contributed by atoms with Crippen molar-refractivity contribution in [3.05, 3.63) is 82.6 Å². The molecule has 5 heteroatoms. The molecule has 0 fully saturated rings. The summed E-state index contributed by atoms with van der Waals surface area (Å²) >= 11 is 1.62. The first kappa shape index (κ1) is 16.7. The lowest BCUT2D eigenvalue weighted by atomic mass is 10.2. The predicted octanol–water partition coefficient (Wildman–Crippen LogP) is 4.23. The average molecular weight is 348 g/mol. The topological polar surface area (TPSA) is 53.3 Å². The van der Waals surface area contributed by atoms with Crippen LogP contribution in [0.4, 0.5) is 5.69 Å². The molecule has 1 aromatic heterocycles. The third-order valence-corrected chi connectivity index (χ3v) is 4.47. The maximum Gasteiger partial charge on any atom is 0.265 e. The lowest BCUT2D eigenvalue weighted by Gasteiger charge is -2.22. The maximum atomic E-state index is 12.7. The second-order valence-corrected chi connectivity index (χ2v) is 6.35. The van der Waals surface area contributed by atoms with E-state index in [0.29, 0.717) is 17.9 Å². The van der Waals surface area contributed by atoms with Crippen LogP contribution in [0, 0.1) is 11.3 Å². The number of ether oxygens (including phenoxy) is 1. The fraction of sp³-hybridized carbons (Fsp3) is 0.100. The van der Waals surface area contributed by atoms with Crippen LogP contribution in [0.25, 0.3) is 0 Å². The van der Waals surface area contributed by atoms with E-state index in [4.69, 9.17) is 10.00 Å². The number of nitrogens with zero attached hydrogens (tertiary/aromatic N) is 2. The number of rotatable bonds is 6. The number of hydrogen-bond acceptors (Lipinski definition) is 4. The van der Waals surface area contributed by atoms with E-state index in [1.807, 2.05) is 47.8 Å². The molecular formula is C20H16N2O2S. The second kappa shape index (κ2) is 8.13. The fourth-order valence-electron chi connectivity index (χ4n) is 2.34. The molecule has 0 N–H and O–H groups in total. The van der Waals surface area contributed by atoms with Gasteiger partial charge in [0.15, 0.2) is 6.61 Å². The largest absolute Gasteiger partial charge is 0.484 e. The molecule has 1 amide bonds. The lowest BCUT2D eigenvalue weighted by Crippen LogP contribution is -2.34. The van der Waals surface area contributed by atoms with Crippen molar-refractivity contribution in [2.45, 2.75) is 6.54 Å². The van der Waals surface area contributed by atoms with Crippen molar-refractivity contribution >= 4 is 22.9 Å². The number of benzene rings is 2. The van der Waals surface area contributed by atoms with Gasteiger partial charge in [0.25, 0.3) is 5.91 Å². The smallest absolute Gasteiger partial charge is 0.265 e. The van der Waals surface area contributed by atoms with Crippen molar-refractivity contribution < 1.29 is 9.53 Å². The van der Waals surface area contributed by atoms with E-state index in [1.165, 1.54) is 0 Å². The number of anilines is 1. The Morgan fingerprint density at radius 2 is 1.80 bits per heavy atom. The summed E-state index contributed by atoms with van der Waals surface area (Å²) < 4.78 is 5.59. The van der Waals surface area contributed by atoms with Crippen LogP contribution < -0.4 is 9.64 Å². The molecule has 0 saturated heterocycles. The number of nitriles is 1. The molecule has 0 aliphatic heterocycles. The van der Waals surface area contributed by atoms with Crippen molar-refractivity contribution in [2.75, 3.05) is 11.5 Å². The summed E-state index contributed by atoms with van der Waals surface area (Å²) in [5.74, 6) is 0.445. The summed E-state index contributed by atoms with van der Waals surface area (Å²) in [7, 11) is 0. The van der Waals surface area contributed by atoms with Crippen molar-refractivity contribution in [1.29, 1.82) is 5.26 Å². The van der Waals surface area contributed by atoms with Gasteiger partial charge in [0.05, 0.1) is 18.2 Å². The average Bonchev–Trinajstić information content (AvgIpc) is 3.18. The van der Waals surface area contributed by atoms with Gasteiger partial charge >= 0.3 is 0 Å². The number of para-hydroxylation sites is 1. The number of carbonyl (C=O) groups is 1. The molecule has 0 aliphatic rings. The summed E-state index contributed by atoms with van der Waals surface area (Å²) in [5, 5.41) is 10.8. The molecule has 1 heterocycles. The van der Waals surface area contributed by atoms with Gasteiger partial charge in [-0.15, -0.1) is 11.3 Å². The third-order valence-electron chi connectivity index (χ3n) is 3.61. The lowest BCUT2D eigenvalue weighted by molar-refractivity contribution is -0.120. The van der Waals surface area contributed by atoms with Crippen LogP contribution in [-0.4, -0.2) is 12.5 Å². The van der Waals surface area contributed by atoms with Gasteiger partial charge in [-0.25, -0.2) is 0 Å². The molecule has 25 heavy (non-hydrogen) atoms. The summed E-state index contributed by atoms with van der Waals surface area (Å²) in [6.45, 7) is 0.448. The van der Waals surface area contributed by atoms with Gasteiger partial charge in [-0.3, -0.25) is 4.79 Å². The fourth-order valence-corrected chi connectivity index (χ4v) is 3.03. The van der Waals surface area contributed by atoms with E-state index in [9.17, 15) is 4.79 Å². The predicted molar refractivity (Wildman–Crippen MR) is 98.6 cm³/mol. The summed E-state index contributed by atoms with van der Waals surface area (Å²) in [5.41, 5.74) is 1.40. The van der Waals surface area contributed by atoms with Gasteiger partial charge in [0.2, 0.25) is 0 Å². The molecule has 0 bridgehead atoms.